The summed E-state index contributed by atoms with van der Waals surface area (Å²) < 4.78 is 31.2. The summed E-state index contributed by atoms with van der Waals surface area (Å²) in [6.07, 6.45) is 0. The summed E-state index contributed by atoms with van der Waals surface area (Å²) in [5, 5.41) is 12.1. The van der Waals surface area contributed by atoms with Gasteiger partial charge < -0.3 is 15.2 Å². The van der Waals surface area contributed by atoms with E-state index in [1.165, 1.54) is 0 Å². The van der Waals surface area contributed by atoms with Crippen molar-refractivity contribution in [1.29, 1.82) is 0 Å². The van der Waals surface area contributed by atoms with Gasteiger partial charge in [-0.15, -0.1) is 0 Å². The van der Waals surface area contributed by atoms with Crippen LogP contribution in [-0.2, 0) is 11.3 Å². The normalized spacial score (nSPS) is 17.8. The lowest BCUT2D eigenvalue weighted by molar-refractivity contribution is -0.0991. The maximum atomic E-state index is 13.0. The highest BCUT2D eigenvalue weighted by atomic mass is 19.1. The Hall–Kier alpha value is -1.20. The van der Waals surface area contributed by atoms with Crippen molar-refractivity contribution in [2.45, 2.75) is 13.5 Å². The summed E-state index contributed by atoms with van der Waals surface area (Å²) in [4.78, 5) is 0. The molecule has 1 aliphatic heterocycles. The predicted molar refractivity (Wildman–Crippen MR) is 58.7 cm³/mol. The molecule has 2 rings (SSSR count). The molecule has 1 aromatic rings. The second-order valence-corrected chi connectivity index (χ2v) is 4.82. The fraction of sp³-hybridized carbons (Fsp3) is 0.500. The Morgan fingerprint density at radius 1 is 1.35 bits per heavy atom. The largest absolute Gasteiger partial charge is 0.503 e. The molecule has 0 aliphatic carbocycles. The van der Waals surface area contributed by atoms with Crippen LogP contribution in [0.25, 0.3) is 0 Å². The molecule has 5 heteroatoms. The van der Waals surface area contributed by atoms with Crippen LogP contribution >= 0.6 is 0 Å². The fourth-order valence-corrected chi connectivity index (χ4v) is 1.78. The van der Waals surface area contributed by atoms with Gasteiger partial charge in [0, 0.05) is 18.5 Å². The second kappa shape index (κ2) is 4.58. The van der Waals surface area contributed by atoms with Crippen LogP contribution in [-0.4, -0.2) is 24.9 Å². The molecule has 1 saturated heterocycles. The van der Waals surface area contributed by atoms with Gasteiger partial charge in [0.1, 0.15) is 0 Å². The molecule has 0 saturated carbocycles. The molecular weight excluding hydrogens is 228 g/mol. The zero-order valence-corrected chi connectivity index (χ0v) is 9.59. The third-order valence-electron chi connectivity index (χ3n) is 2.86. The standard InChI is InChI=1S/C12H15F2NO2/c1-12(6-17-7-12)5-15-4-8-2-9(13)11(16)10(14)3-8/h2-3,15-16H,4-7H2,1H3. The van der Waals surface area contributed by atoms with Gasteiger partial charge in [0.25, 0.3) is 0 Å². The summed E-state index contributed by atoms with van der Waals surface area (Å²) in [6, 6.07) is 2.26. The van der Waals surface area contributed by atoms with E-state index in [1.54, 1.807) is 0 Å². The summed E-state index contributed by atoms with van der Waals surface area (Å²) >= 11 is 0. The van der Waals surface area contributed by atoms with E-state index in [0.717, 1.165) is 18.7 Å². The van der Waals surface area contributed by atoms with Gasteiger partial charge in [0.2, 0.25) is 0 Å². The number of phenolic OH excluding ortho intramolecular Hbond substituents is 1. The lowest BCUT2D eigenvalue weighted by Crippen LogP contribution is -2.47. The van der Waals surface area contributed by atoms with Crippen molar-refractivity contribution in [3.8, 4) is 5.75 Å². The topological polar surface area (TPSA) is 41.5 Å². The van der Waals surface area contributed by atoms with Crippen molar-refractivity contribution in [3.05, 3.63) is 29.3 Å². The van der Waals surface area contributed by atoms with Gasteiger partial charge in [-0.3, -0.25) is 0 Å². The van der Waals surface area contributed by atoms with E-state index in [2.05, 4.69) is 12.2 Å². The van der Waals surface area contributed by atoms with Crippen LogP contribution in [0.1, 0.15) is 12.5 Å². The number of aromatic hydroxyl groups is 1. The quantitative estimate of drug-likeness (QED) is 0.847. The number of benzene rings is 1. The van der Waals surface area contributed by atoms with E-state index in [4.69, 9.17) is 9.84 Å². The molecule has 0 amide bonds. The molecule has 0 aromatic heterocycles. The third-order valence-corrected chi connectivity index (χ3v) is 2.86. The number of rotatable bonds is 4. The minimum absolute atomic E-state index is 0.119. The zero-order valence-electron chi connectivity index (χ0n) is 9.59. The minimum Gasteiger partial charge on any atom is -0.503 e. The molecular formula is C12H15F2NO2. The van der Waals surface area contributed by atoms with E-state index >= 15 is 0 Å². The van der Waals surface area contributed by atoms with Crippen molar-refractivity contribution in [2.75, 3.05) is 19.8 Å². The molecule has 1 heterocycles. The lowest BCUT2D eigenvalue weighted by atomic mass is 9.89. The number of hydrogen-bond donors (Lipinski definition) is 2. The Morgan fingerprint density at radius 2 is 1.94 bits per heavy atom. The average Bonchev–Trinajstić information content (AvgIpc) is 2.23. The van der Waals surface area contributed by atoms with Crippen molar-refractivity contribution in [3.63, 3.8) is 0 Å². The van der Waals surface area contributed by atoms with Crippen molar-refractivity contribution >= 4 is 0 Å². The highest BCUT2D eigenvalue weighted by Gasteiger charge is 2.32. The van der Waals surface area contributed by atoms with Crippen molar-refractivity contribution in [1.82, 2.24) is 5.32 Å². The van der Waals surface area contributed by atoms with Gasteiger partial charge in [0.05, 0.1) is 13.2 Å². The molecule has 2 N–H and O–H groups in total. The van der Waals surface area contributed by atoms with Crippen LogP contribution in [0.2, 0.25) is 0 Å². The number of ether oxygens (including phenoxy) is 1. The summed E-state index contributed by atoms with van der Waals surface area (Å²) in [7, 11) is 0. The number of phenols is 1. The molecule has 3 nitrogen and oxygen atoms in total. The van der Waals surface area contributed by atoms with Crippen LogP contribution in [0.5, 0.6) is 5.75 Å². The van der Waals surface area contributed by atoms with Crippen molar-refractivity contribution < 1.29 is 18.6 Å². The Kier molecular flexibility index (Phi) is 3.31. The van der Waals surface area contributed by atoms with E-state index in [1.807, 2.05) is 0 Å². The van der Waals surface area contributed by atoms with Crippen LogP contribution in [0, 0.1) is 17.0 Å². The van der Waals surface area contributed by atoms with Crippen LogP contribution in [0.15, 0.2) is 12.1 Å². The average molecular weight is 243 g/mol. The first-order valence-corrected chi connectivity index (χ1v) is 5.45. The predicted octanol–water partition coefficient (Wildman–Crippen LogP) is 1.80. The van der Waals surface area contributed by atoms with Gasteiger partial charge in [-0.2, -0.15) is 0 Å². The molecule has 0 unspecified atom stereocenters. The van der Waals surface area contributed by atoms with Crippen LogP contribution in [0.4, 0.5) is 8.78 Å². The molecule has 0 radical (unpaired) electrons. The summed E-state index contributed by atoms with van der Waals surface area (Å²) in [5.41, 5.74) is 0.593. The van der Waals surface area contributed by atoms with Crippen LogP contribution < -0.4 is 5.32 Å². The van der Waals surface area contributed by atoms with Gasteiger partial charge in [-0.25, -0.2) is 8.78 Å². The Balaban J connectivity index is 1.90. The maximum absolute atomic E-state index is 13.0. The fourth-order valence-electron chi connectivity index (χ4n) is 1.78. The molecule has 0 bridgehead atoms. The molecule has 94 valence electrons. The molecule has 1 aromatic carbocycles. The smallest absolute Gasteiger partial charge is 0.187 e. The molecule has 0 atom stereocenters. The highest BCUT2D eigenvalue weighted by molar-refractivity contribution is 5.29. The summed E-state index contributed by atoms with van der Waals surface area (Å²) in [6.45, 7) is 4.60. The zero-order chi connectivity index (χ0) is 12.5. The van der Waals surface area contributed by atoms with E-state index < -0.39 is 17.4 Å². The summed E-state index contributed by atoms with van der Waals surface area (Å²) in [5.74, 6) is -2.78. The SMILES string of the molecule is CC1(CNCc2cc(F)c(O)c(F)c2)COC1. The number of nitrogens with one attached hydrogen (secondary N) is 1. The number of halogens is 2. The van der Waals surface area contributed by atoms with Gasteiger partial charge in [-0.05, 0) is 17.7 Å². The number of hydrogen-bond acceptors (Lipinski definition) is 3. The van der Waals surface area contributed by atoms with Crippen LogP contribution in [0.3, 0.4) is 0 Å². The van der Waals surface area contributed by atoms with Gasteiger partial charge >= 0.3 is 0 Å². The Labute approximate surface area is 98.4 Å². The van der Waals surface area contributed by atoms with E-state index in [-0.39, 0.29) is 5.41 Å². The van der Waals surface area contributed by atoms with E-state index in [0.29, 0.717) is 25.3 Å². The molecule has 1 aliphatic rings. The minimum atomic E-state index is -0.931. The van der Waals surface area contributed by atoms with Crippen molar-refractivity contribution in [2.24, 2.45) is 5.41 Å². The van der Waals surface area contributed by atoms with Gasteiger partial charge in [-0.1, -0.05) is 6.92 Å². The third kappa shape index (κ3) is 2.73. The van der Waals surface area contributed by atoms with Gasteiger partial charge in [0.15, 0.2) is 17.4 Å². The van der Waals surface area contributed by atoms with E-state index in [9.17, 15) is 8.78 Å². The first kappa shape index (κ1) is 12.3. The maximum Gasteiger partial charge on any atom is 0.187 e. The second-order valence-electron chi connectivity index (χ2n) is 4.82. The first-order valence-electron chi connectivity index (χ1n) is 5.45. The monoisotopic (exact) mass is 243 g/mol. The molecule has 17 heavy (non-hydrogen) atoms. The highest BCUT2D eigenvalue weighted by Crippen LogP contribution is 2.25. The lowest BCUT2D eigenvalue weighted by Gasteiger charge is -2.38. The Bertz CT molecular complexity index is 396. The molecule has 0 spiro atoms. The molecule has 1 fully saturated rings. The first-order chi connectivity index (χ1) is 8.00. The Morgan fingerprint density at radius 3 is 2.41 bits per heavy atom.